The van der Waals surface area contributed by atoms with Gasteiger partial charge in [-0.15, -0.1) is 0 Å². The first-order valence-corrected chi connectivity index (χ1v) is 2.33. The Kier molecular flexibility index (Phi) is 9.27. The van der Waals surface area contributed by atoms with E-state index in [-0.39, 0.29) is 39.5 Å². The molecule has 0 amide bonds. The van der Waals surface area contributed by atoms with E-state index in [1.54, 1.807) is 0 Å². The SMILES string of the molecule is Cc1[c]cccc1.[Na+].[PH2-]. The molecule has 1 aromatic rings. The van der Waals surface area contributed by atoms with Gasteiger partial charge in [-0.05, 0) is 18.6 Å². The number of hydrogen-bond acceptors (Lipinski definition) is 0. The van der Waals surface area contributed by atoms with Gasteiger partial charge in [0.05, 0.1) is 0 Å². The van der Waals surface area contributed by atoms with Crippen LogP contribution >= 0.6 is 9.90 Å². The fourth-order valence-electron chi connectivity index (χ4n) is 0.483. The first-order valence-electron chi connectivity index (χ1n) is 2.33. The van der Waals surface area contributed by atoms with Crippen molar-refractivity contribution in [1.82, 2.24) is 0 Å². The molecule has 0 unspecified atom stereocenters. The summed E-state index contributed by atoms with van der Waals surface area (Å²) >= 11 is 0. The van der Waals surface area contributed by atoms with Gasteiger partial charge in [0.25, 0.3) is 0 Å². The monoisotopic (exact) mass is 147 g/mol. The molecular weight excluding hydrogens is 138 g/mol. The summed E-state index contributed by atoms with van der Waals surface area (Å²) in [5.41, 5.74) is 1.20. The molecule has 43 valence electrons. The van der Waals surface area contributed by atoms with Crippen LogP contribution < -0.4 is 29.6 Å². The van der Waals surface area contributed by atoms with Crippen LogP contribution in [0.25, 0.3) is 0 Å². The second kappa shape index (κ2) is 6.77. The molecule has 0 fully saturated rings. The van der Waals surface area contributed by atoms with Crippen LogP contribution in [0.1, 0.15) is 5.56 Å². The van der Waals surface area contributed by atoms with Crippen molar-refractivity contribution < 1.29 is 29.6 Å². The average Bonchev–Trinajstić information content (AvgIpc) is 1.69. The third-order valence-electron chi connectivity index (χ3n) is 0.865. The number of hydrogen-bond donors (Lipinski definition) is 0. The molecule has 0 aromatic heterocycles. The third kappa shape index (κ3) is 5.11. The first kappa shape index (κ1) is 12.3. The molecule has 2 heteroatoms. The molecule has 0 atom stereocenters. The van der Waals surface area contributed by atoms with Gasteiger partial charge < -0.3 is 9.90 Å². The molecule has 0 aliphatic heterocycles. The summed E-state index contributed by atoms with van der Waals surface area (Å²) in [6.45, 7) is 2.03. The normalized spacial score (nSPS) is 6.78. The molecule has 1 rings (SSSR count). The molecule has 0 saturated heterocycles. The van der Waals surface area contributed by atoms with Crippen molar-refractivity contribution >= 4 is 9.90 Å². The minimum absolute atomic E-state index is 0. The molecule has 1 aromatic carbocycles. The van der Waals surface area contributed by atoms with Crippen molar-refractivity contribution in [3.05, 3.63) is 35.9 Å². The van der Waals surface area contributed by atoms with E-state index in [4.69, 9.17) is 0 Å². The van der Waals surface area contributed by atoms with E-state index in [2.05, 4.69) is 6.07 Å². The summed E-state index contributed by atoms with van der Waals surface area (Å²) in [4.78, 5) is 0. The predicted octanol–water partition coefficient (Wildman–Crippen LogP) is -0.875. The van der Waals surface area contributed by atoms with Crippen LogP contribution in [0.5, 0.6) is 0 Å². The van der Waals surface area contributed by atoms with Gasteiger partial charge in [0.15, 0.2) is 0 Å². The van der Waals surface area contributed by atoms with Crippen molar-refractivity contribution in [3.8, 4) is 0 Å². The largest absolute Gasteiger partial charge is 1.00 e. The zero-order valence-corrected chi connectivity index (χ0v) is 9.04. The summed E-state index contributed by atoms with van der Waals surface area (Å²) in [6, 6.07) is 10.9. The Labute approximate surface area is 82.0 Å². The molecule has 0 aliphatic rings. The van der Waals surface area contributed by atoms with Crippen molar-refractivity contribution in [3.63, 3.8) is 0 Å². The van der Waals surface area contributed by atoms with Crippen LogP contribution in [-0.4, -0.2) is 0 Å². The van der Waals surface area contributed by atoms with Gasteiger partial charge in [-0.2, -0.15) is 0 Å². The number of aryl methyl sites for hydroxylation is 1. The van der Waals surface area contributed by atoms with E-state index in [1.165, 1.54) is 5.56 Å². The molecule has 1 radical (unpaired) electrons. The van der Waals surface area contributed by atoms with Gasteiger partial charge in [-0.25, -0.2) is 0 Å². The molecule has 0 N–H and O–H groups in total. The zero-order valence-electron chi connectivity index (χ0n) is 5.89. The van der Waals surface area contributed by atoms with Gasteiger partial charge in [0.2, 0.25) is 0 Å². The topological polar surface area (TPSA) is 0 Å². The standard InChI is InChI=1S/C7H7.Na.H2P/c1-7-5-3-2-4-6-7;;/h2-5H,1H3;;1H2/q;+1;-1. The Morgan fingerprint density at radius 1 is 1.33 bits per heavy atom. The van der Waals surface area contributed by atoms with E-state index in [1.807, 2.05) is 31.2 Å². The van der Waals surface area contributed by atoms with E-state index in [9.17, 15) is 0 Å². The van der Waals surface area contributed by atoms with Gasteiger partial charge in [0.1, 0.15) is 0 Å². The Balaban J connectivity index is 0. The fourth-order valence-corrected chi connectivity index (χ4v) is 0.483. The summed E-state index contributed by atoms with van der Waals surface area (Å²) in [6.07, 6.45) is 0. The van der Waals surface area contributed by atoms with Crippen molar-refractivity contribution in [2.75, 3.05) is 0 Å². The van der Waals surface area contributed by atoms with E-state index in [0.717, 1.165) is 0 Å². The first-order chi connectivity index (χ1) is 3.39. The zero-order chi connectivity index (χ0) is 5.11. The predicted molar refractivity (Wildman–Crippen MR) is 39.7 cm³/mol. The summed E-state index contributed by atoms with van der Waals surface area (Å²) < 4.78 is 0. The third-order valence-corrected chi connectivity index (χ3v) is 0.865. The smallest absolute Gasteiger partial charge is 0.577 e. The Bertz CT molecular complexity index is 139. The summed E-state index contributed by atoms with van der Waals surface area (Å²) in [5.74, 6) is 0. The molecule has 0 bridgehead atoms. The van der Waals surface area contributed by atoms with Crippen molar-refractivity contribution in [1.29, 1.82) is 0 Å². The Hall–Kier alpha value is 0.650. The molecular formula is C7H9NaP. The van der Waals surface area contributed by atoms with Crippen LogP contribution in [-0.2, 0) is 0 Å². The van der Waals surface area contributed by atoms with E-state index >= 15 is 0 Å². The van der Waals surface area contributed by atoms with Gasteiger partial charge in [0, 0.05) is 0 Å². The van der Waals surface area contributed by atoms with Gasteiger partial charge >= 0.3 is 29.6 Å². The van der Waals surface area contributed by atoms with Crippen molar-refractivity contribution in [2.45, 2.75) is 6.92 Å². The molecule has 0 aliphatic carbocycles. The maximum absolute atomic E-state index is 3.03. The van der Waals surface area contributed by atoms with E-state index < -0.39 is 0 Å². The van der Waals surface area contributed by atoms with Crippen molar-refractivity contribution in [2.24, 2.45) is 0 Å². The Morgan fingerprint density at radius 2 is 2.00 bits per heavy atom. The minimum atomic E-state index is 0. The Morgan fingerprint density at radius 3 is 2.22 bits per heavy atom. The van der Waals surface area contributed by atoms with Gasteiger partial charge in [-0.1, -0.05) is 24.3 Å². The summed E-state index contributed by atoms with van der Waals surface area (Å²) in [7, 11) is 0. The second-order valence-electron chi connectivity index (χ2n) is 1.55. The number of rotatable bonds is 0. The molecule has 0 nitrogen and oxygen atoms in total. The van der Waals surface area contributed by atoms with Crippen LogP contribution in [0.15, 0.2) is 24.3 Å². The van der Waals surface area contributed by atoms with Crippen LogP contribution in [0.4, 0.5) is 0 Å². The summed E-state index contributed by atoms with van der Waals surface area (Å²) in [5, 5.41) is 0. The average molecular weight is 147 g/mol. The van der Waals surface area contributed by atoms with Crippen LogP contribution in [0.3, 0.4) is 0 Å². The van der Waals surface area contributed by atoms with Crippen LogP contribution in [0, 0.1) is 13.0 Å². The van der Waals surface area contributed by atoms with Crippen LogP contribution in [0.2, 0.25) is 0 Å². The second-order valence-corrected chi connectivity index (χ2v) is 1.55. The van der Waals surface area contributed by atoms with E-state index in [0.29, 0.717) is 0 Å². The molecule has 0 heterocycles. The molecule has 0 spiro atoms. The maximum atomic E-state index is 3.03. The molecule has 9 heavy (non-hydrogen) atoms. The van der Waals surface area contributed by atoms with Gasteiger partial charge in [-0.3, -0.25) is 0 Å². The fraction of sp³-hybridized carbons (Fsp3) is 0.143. The maximum Gasteiger partial charge on any atom is 1.00 e. The quantitative estimate of drug-likeness (QED) is 0.330. The molecule has 0 saturated carbocycles. The number of benzene rings is 1. The minimum Gasteiger partial charge on any atom is -0.577 e.